The van der Waals surface area contributed by atoms with Crippen molar-refractivity contribution in [2.75, 3.05) is 0 Å². The highest BCUT2D eigenvalue weighted by Crippen LogP contribution is 2.21. The first-order valence-corrected chi connectivity index (χ1v) is 8.30. The van der Waals surface area contributed by atoms with E-state index in [-0.39, 0.29) is 11.9 Å². The Morgan fingerprint density at radius 1 is 1.14 bits per heavy atom. The van der Waals surface area contributed by atoms with Crippen molar-refractivity contribution in [2.45, 2.75) is 67.0 Å². The predicted molar refractivity (Wildman–Crippen MR) is 92.2 cm³/mol. The van der Waals surface area contributed by atoms with Crippen molar-refractivity contribution in [1.29, 1.82) is 0 Å². The highest BCUT2D eigenvalue weighted by molar-refractivity contribution is 5.81. The van der Waals surface area contributed by atoms with E-state index in [0.717, 1.165) is 11.3 Å². The molecule has 0 aliphatic carbocycles. The van der Waals surface area contributed by atoms with Gasteiger partial charge in [0.05, 0.1) is 0 Å². The lowest BCUT2D eigenvalue weighted by Gasteiger charge is -2.28. The smallest absolute Gasteiger partial charge is 0.261 e. The summed E-state index contributed by atoms with van der Waals surface area (Å²) >= 11 is 0. The van der Waals surface area contributed by atoms with Gasteiger partial charge < -0.3 is 10.1 Å². The first kappa shape index (κ1) is 18.5. The summed E-state index contributed by atoms with van der Waals surface area (Å²) in [5, 5.41) is 3.15. The van der Waals surface area contributed by atoms with Gasteiger partial charge >= 0.3 is 0 Å². The van der Waals surface area contributed by atoms with Crippen molar-refractivity contribution in [3.63, 3.8) is 0 Å². The zero-order chi connectivity index (χ0) is 16.9. The number of nitrogens with one attached hydrogen (secondary N) is 1. The number of aryl methyl sites for hydroxylation is 2. The van der Waals surface area contributed by atoms with Crippen LogP contribution in [0.15, 0.2) is 18.2 Å². The van der Waals surface area contributed by atoms with E-state index in [4.69, 9.17) is 4.74 Å². The normalized spacial score (nSPS) is 12.8. The first-order valence-electron chi connectivity index (χ1n) is 8.30. The molecule has 1 aromatic rings. The summed E-state index contributed by atoms with van der Waals surface area (Å²) in [5.74, 6) is 1.58. The molecule has 3 nitrogen and oxygen atoms in total. The minimum Gasteiger partial charge on any atom is -0.480 e. The third kappa shape index (κ3) is 5.04. The Kier molecular flexibility index (Phi) is 6.92. The van der Waals surface area contributed by atoms with E-state index in [2.05, 4.69) is 46.0 Å². The minimum atomic E-state index is -0.443. The van der Waals surface area contributed by atoms with Crippen molar-refractivity contribution in [1.82, 2.24) is 5.32 Å². The predicted octanol–water partition coefficient (Wildman–Crippen LogP) is 4.26. The highest BCUT2D eigenvalue weighted by atomic mass is 16.5. The van der Waals surface area contributed by atoms with Crippen molar-refractivity contribution >= 4 is 5.91 Å². The molecule has 0 saturated heterocycles. The van der Waals surface area contributed by atoms with Gasteiger partial charge in [0.2, 0.25) is 0 Å². The van der Waals surface area contributed by atoms with Gasteiger partial charge in [-0.3, -0.25) is 4.79 Å². The SMILES string of the molecule is CCC(Oc1ccc(C)cc1C)C(=O)NC(C(C)C)C(C)C. The molecule has 22 heavy (non-hydrogen) atoms. The Balaban J connectivity index is 2.80. The molecule has 0 aliphatic rings. The Morgan fingerprint density at radius 2 is 1.73 bits per heavy atom. The molecule has 0 fully saturated rings. The quantitative estimate of drug-likeness (QED) is 0.817. The molecule has 1 amide bonds. The van der Waals surface area contributed by atoms with Gasteiger partial charge in [-0.05, 0) is 43.7 Å². The second-order valence-corrected chi connectivity index (χ2v) is 6.81. The average molecular weight is 305 g/mol. The lowest BCUT2D eigenvalue weighted by Crippen LogP contribution is -2.48. The Bertz CT molecular complexity index is 486. The molecule has 0 radical (unpaired) electrons. The summed E-state index contributed by atoms with van der Waals surface area (Å²) in [4.78, 5) is 12.5. The maximum absolute atomic E-state index is 12.5. The van der Waals surface area contributed by atoms with Crippen LogP contribution in [-0.4, -0.2) is 18.1 Å². The molecule has 0 heterocycles. The Labute approximate surface area is 135 Å². The third-order valence-corrected chi connectivity index (χ3v) is 4.01. The number of ether oxygens (including phenoxy) is 1. The number of amides is 1. The zero-order valence-electron chi connectivity index (χ0n) is 15.1. The fourth-order valence-electron chi connectivity index (χ4n) is 2.77. The molecule has 0 spiro atoms. The van der Waals surface area contributed by atoms with E-state index in [1.165, 1.54) is 5.56 Å². The van der Waals surface area contributed by atoms with Gasteiger partial charge in [-0.15, -0.1) is 0 Å². The van der Waals surface area contributed by atoms with E-state index < -0.39 is 6.10 Å². The molecular formula is C19H31NO2. The monoisotopic (exact) mass is 305 g/mol. The summed E-state index contributed by atoms with van der Waals surface area (Å²) in [6.45, 7) is 14.6. The molecule has 1 N–H and O–H groups in total. The van der Waals surface area contributed by atoms with E-state index in [0.29, 0.717) is 18.3 Å². The molecule has 124 valence electrons. The molecule has 0 aliphatic heterocycles. The first-order chi connectivity index (χ1) is 10.3. The van der Waals surface area contributed by atoms with Crippen LogP contribution in [0.1, 0.15) is 52.2 Å². The summed E-state index contributed by atoms with van der Waals surface area (Å²) in [6.07, 6.45) is 0.212. The number of carbonyl (C=O) groups is 1. The lowest BCUT2D eigenvalue weighted by molar-refractivity contribution is -0.129. The average Bonchev–Trinajstić information content (AvgIpc) is 2.43. The van der Waals surface area contributed by atoms with Crippen LogP contribution in [0.2, 0.25) is 0 Å². The van der Waals surface area contributed by atoms with E-state index in [1.54, 1.807) is 0 Å². The second kappa shape index (κ2) is 8.21. The number of rotatable bonds is 7. The maximum atomic E-state index is 12.5. The standard InChI is InChI=1S/C19H31NO2/c1-8-16(19(21)20-18(12(2)3)13(4)5)22-17-10-9-14(6)11-15(17)7/h9-13,16,18H,8H2,1-7H3,(H,20,21). The van der Waals surface area contributed by atoms with Crippen LogP contribution in [0.5, 0.6) is 5.75 Å². The van der Waals surface area contributed by atoms with E-state index in [1.807, 2.05) is 26.0 Å². The summed E-state index contributed by atoms with van der Waals surface area (Å²) in [5.41, 5.74) is 2.26. The van der Waals surface area contributed by atoms with Crippen LogP contribution in [0.25, 0.3) is 0 Å². The second-order valence-electron chi connectivity index (χ2n) is 6.81. The van der Waals surface area contributed by atoms with Crippen LogP contribution in [0.3, 0.4) is 0 Å². The van der Waals surface area contributed by atoms with Crippen molar-refractivity contribution in [3.05, 3.63) is 29.3 Å². The van der Waals surface area contributed by atoms with Crippen LogP contribution < -0.4 is 10.1 Å². The number of hydrogen-bond acceptors (Lipinski definition) is 2. The minimum absolute atomic E-state index is 0.0186. The molecule has 0 saturated carbocycles. The Hall–Kier alpha value is -1.51. The molecule has 1 rings (SSSR count). The molecule has 1 aromatic carbocycles. The van der Waals surface area contributed by atoms with Crippen LogP contribution in [0.4, 0.5) is 0 Å². The van der Waals surface area contributed by atoms with Gasteiger partial charge in [-0.25, -0.2) is 0 Å². The topological polar surface area (TPSA) is 38.3 Å². The number of benzene rings is 1. The van der Waals surface area contributed by atoms with Crippen LogP contribution in [0, 0.1) is 25.7 Å². The molecule has 1 atom stereocenters. The summed E-state index contributed by atoms with van der Waals surface area (Å²) in [7, 11) is 0. The maximum Gasteiger partial charge on any atom is 0.261 e. The highest BCUT2D eigenvalue weighted by Gasteiger charge is 2.25. The molecule has 3 heteroatoms. The van der Waals surface area contributed by atoms with Crippen molar-refractivity contribution in [2.24, 2.45) is 11.8 Å². The van der Waals surface area contributed by atoms with Gasteiger partial charge in [0.15, 0.2) is 6.10 Å². The van der Waals surface area contributed by atoms with E-state index >= 15 is 0 Å². The molecular weight excluding hydrogens is 274 g/mol. The molecule has 0 bridgehead atoms. The Morgan fingerprint density at radius 3 is 2.18 bits per heavy atom. The lowest BCUT2D eigenvalue weighted by atomic mass is 9.93. The fraction of sp³-hybridized carbons (Fsp3) is 0.632. The van der Waals surface area contributed by atoms with E-state index in [9.17, 15) is 4.79 Å². The van der Waals surface area contributed by atoms with Crippen LogP contribution in [-0.2, 0) is 4.79 Å². The fourth-order valence-corrected chi connectivity index (χ4v) is 2.77. The van der Waals surface area contributed by atoms with Crippen molar-refractivity contribution < 1.29 is 9.53 Å². The van der Waals surface area contributed by atoms with Gasteiger partial charge in [-0.2, -0.15) is 0 Å². The van der Waals surface area contributed by atoms with Crippen molar-refractivity contribution in [3.8, 4) is 5.75 Å². The summed E-state index contributed by atoms with van der Waals surface area (Å²) < 4.78 is 5.96. The van der Waals surface area contributed by atoms with Gasteiger partial charge in [-0.1, -0.05) is 52.3 Å². The van der Waals surface area contributed by atoms with Gasteiger partial charge in [0, 0.05) is 6.04 Å². The number of hydrogen-bond donors (Lipinski definition) is 1. The largest absolute Gasteiger partial charge is 0.480 e. The number of carbonyl (C=O) groups excluding carboxylic acids is 1. The molecule has 0 aromatic heterocycles. The molecule has 1 unspecified atom stereocenters. The third-order valence-electron chi connectivity index (χ3n) is 4.01. The zero-order valence-corrected chi connectivity index (χ0v) is 15.1. The van der Waals surface area contributed by atoms with Gasteiger partial charge in [0.1, 0.15) is 5.75 Å². The summed E-state index contributed by atoms with van der Waals surface area (Å²) in [6, 6.07) is 6.20. The van der Waals surface area contributed by atoms with Crippen LogP contribution >= 0.6 is 0 Å². The van der Waals surface area contributed by atoms with Gasteiger partial charge in [0.25, 0.3) is 5.91 Å².